The number of nitrogens with zero attached hydrogens (tertiary/aromatic N) is 1. The Morgan fingerprint density at radius 2 is 2.00 bits per heavy atom. The minimum absolute atomic E-state index is 0.590. The van der Waals surface area contributed by atoms with Gasteiger partial charge in [-0.2, -0.15) is 0 Å². The molecule has 116 valence electrons. The van der Waals surface area contributed by atoms with E-state index >= 15 is 0 Å². The molecule has 2 unspecified atom stereocenters. The Bertz CT molecular complexity index is 417. The van der Waals surface area contributed by atoms with Crippen LogP contribution in [0.2, 0.25) is 0 Å². The average molecular weight is 286 g/mol. The van der Waals surface area contributed by atoms with E-state index in [1.165, 1.54) is 70.4 Å². The van der Waals surface area contributed by atoms with Gasteiger partial charge in [0.15, 0.2) is 0 Å². The first-order chi connectivity index (χ1) is 10.3. The van der Waals surface area contributed by atoms with Gasteiger partial charge in [0.1, 0.15) is 0 Å². The molecule has 0 aliphatic carbocycles. The minimum atomic E-state index is 0.590. The third-order valence-corrected chi connectivity index (χ3v) is 5.55. The van der Waals surface area contributed by atoms with Crippen LogP contribution in [0.15, 0.2) is 30.3 Å². The number of piperidine rings is 2. The second kappa shape index (κ2) is 6.93. The molecule has 21 heavy (non-hydrogen) atoms. The molecule has 0 bridgehead atoms. The fraction of sp³-hybridized carbons (Fsp3) is 0.684. The maximum atomic E-state index is 3.63. The van der Waals surface area contributed by atoms with Crippen molar-refractivity contribution in [1.82, 2.24) is 10.2 Å². The molecule has 2 nitrogen and oxygen atoms in total. The topological polar surface area (TPSA) is 15.3 Å². The van der Waals surface area contributed by atoms with E-state index in [0.717, 1.165) is 0 Å². The molecule has 2 atom stereocenters. The van der Waals surface area contributed by atoms with Crippen molar-refractivity contribution in [3.05, 3.63) is 35.9 Å². The van der Waals surface area contributed by atoms with Gasteiger partial charge >= 0.3 is 0 Å². The lowest BCUT2D eigenvalue weighted by Crippen LogP contribution is -2.51. The van der Waals surface area contributed by atoms with Crippen LogP contribution >= 0.6 is 0 Å². The number of rotatable bonds is 4. The highest BCUT2D eigenvalue weighted by atomic mass is 15.1. The van der Waals surface area contributed by atoms with Crippen LogP contribution in [-0.2, 0) is 0 Å². The Kier molecular flexibility index (Phi) is 4.97. The minimum Gasteiger partial charge on any atom is -0.316 e. The number of hydrogen-bond donors (Lipinski definition) is 1. The molecule has 1 spiro atoms. The summed E-state index contributed by atoms with van der Waals surface area (Å²) in [6.07, 6.45) is 6.92. The molecule has 1 aromatic rings. The smallest absolute Gasteiger partial charge is 0.00502 e. The Morgan fingerprint density at radius 1 is 1.19 bits per heavy atom. The molecule has 0 amide bonds. The van der Waals surface area contributed by atoms with Gasteiger partial charge < -0.3 is 10.2 Å². The average Bonchev–Trinajstić information content (AvgIpc) is 2.54. The summed E-state index contributed by atoms with van der Waals surface area (Å²) in [5.41, 5.74) is 2.08. The van der Waals surface area contributed by atoms with Gasteiger partial charge in [0.2, 0.25) is 0 Å². The van der Waals surface area contributed by atoms with E-state index in [-0.39, 0.29) is 0 Å². The summed E-state index contributed by atoms with van der Waals surface area (Å²) in [6.45, 7) is 8.74. The van der Waals surface area contributed by atoms with Gasteiger partial charge in [-0.05, 0) is 68.6 Å². The predicted octanol–water partition coefficient (Wildman–Crippen LogP) is 3.65. The molecule has 1 aromatic carbocycles. The van der Waals surface area contributed by atoms with Gasteiger partial charge in [0, 0.05) is 13.1 Å². The first-order valence-electron chi connectivity index (χ1n) is 8.75. The normalized spacial score (nSPS) is 28.6. The summed E-state index contributed by atoms with van der Waals surface area (Å²) in [6, 6.07) is 11.0. The van der Waals surface area contributed by atoms with E-state index in [1.54, 1.807) is 0 Å². The van der Waals surface area contributed by atoms with Crippen molar-refractivity contribution in [2.75, 3.05) is 32.7 Å². The van der Waals surface area contributed by atoms with Crippen LogP contribution < -0.4 is 5.32 Å². The lowest BCUT2D eigenvalue weighted by Gasteiger charge is -2.45. The number of nitrogens with one attached hydrogen (secondary N) is 1. The molecule has 2 heteroatoms. The highest BCUT2D eigenvalue weighted by molar-refractivity contribution is 5.18. The molecule has 1 N–H and O–H groups in total. The zero-order valence-corrected chi connectivity index (χ0v) is 13.5. The van der Waals surface area contributed by atoms with Crippen LogP contribution in [0.1, 0.15) is 50.5 Å². The monoisotopic (exact) mass is 286 g/mol. The van der Waals surface area contributed by atoms with Crippen LogP contribution in [0.3, 0.4) is 0 Å². The first kappa shape index (κ1) is 15.1. The third kappa shape index (κ3) is 3.87. The van der Waals surface area contributed by atoms with E-state index in [9.17, 15) is 0 Å². The predicted molar refractivity (Wildman–Crippen MR) is 89.7 cm³/mol. The third-order valence-electron chi connectivity index (χ3n) is 5.55. The van der Waals surface area contributed by atoms with Gasteiger partial charge in [-0.3, -0.25) is 0 Å². The maximum Gasteiger partial charge on any atom is 0.00502 e. The van der Waals surface area contributed by atoms with Crippen molar-refractivity contribution in [2.45, 2.75) is 44.9 Å². The molecule has 0 radical (unpaired) electrons. The summed E-state index contributed by atoms with van der Waals surface area (Å²) >= 11 is 0. The van der Waals surface area contributed by atoms with Crippen LogP contribution in [0, 0.1) is 5.41 Å². The van der Waals surface area contributed by atoms with E-state index < -0.39 is 0 Å². The lowest BCUT2D eigenvalue weighted by atomic mass is 9.74. The number of likely N-dealkylation sites (tertiary alicyclic amines) is 1. The highest BCUT2D eigenvalue weighted by Crippen LogP contribution is 2.36. The van der Waals surface area contributed by atoms with Crippen molar-refractivity contribution in [3.63, 3.8) is 0 Å². The molecule has 2 aliphatic rings. The van der Waals surface area contributed by atoms with E-state index in [0.29, 0.717) is 11.3 Å². The van der Waals surface area contributed by atoms with Gasteiger partial charge in [0.05, 0.1) is 0 Å². The van der Waals surface area contributed by atoms with Gasteiger partial charge in [-0.1, -0.05) is 37.3 Å². The maximum absolute atomic E-state index is 3.63. The molecular weight excluding hydrogens is 256 g/mol. The number of hydrogen-bond acceptors (Lipinski definition) is 2. The van der Waals surface area contributed by atoms with E-state index in [4.69, 9.17) is 0 Å². The Balaban J connectivity index is 1.51. The molecule has 0 saturated carbocycles. The molecule has 2 heterocycles. The largest absolute Gasteiger partial charge is 0.316 e. The fourth-order valence-corrected chi connectivity index (χ4v) is 4.20. The van der Waals surface area contributed by atoms with Crippen molar-refractivity contribution in [2.24, 2.45) is 5.41 Å². The Morgan fingerprint density at radius 3 is 2.76 bits per heavy atom. The second-order valence-corrected chi connectivity index (χ2v) is 7.26. The summed E-state index contributed by atoms with van der Waals surface area (Å²) < 4.78 is 0. The summed E-state index contributed by atoms with van der Waals surface area (Å²) in [7, 11) is 0. The van der Waals surface area contributed by atoms with Gasteiger partial charge in [-0.15, -0.1) is 0 Å². The molecule has 0 aromatic heterocycles. The van der Waals surface area contributed by atoms with Gasteiger partial charge in [-0.25, -0.2) is 0 Å². The van der Waals surface area contributed by atoms with Crippen molar-refractivity contribution in [3.8, 4) is 0 Å². The lowest BCUT2D eigenvalue weighted by molar-refractivity contribution is 0.0631. The summed E-state index contributed by atoms with van der Waals surface area (Å²) in [4.78, 5) is 2.73. The SMILES string of the molecule is CC(CCN1CCCC2(CCCNC2)C1)c1ccccc1. The van der Waals surface area contributed by atoms with Crippen LogP contribution in [0.4, 0.5) is 0 Å². The van der Waals surface area contributed by atoms with Crippen molar-refractivity contribution in [1.29, 1.82) is 0 Å². The highest BCUT2D eigenvalue weighted by Gasteiger charge is 2.36. The van der Waals surface area contributed by atoms with E-state index in [2.05, 4.69) is 47.5 Å². The molecule has 3 rings (SSSR count). The zero-order chi connectivity index (χ0) is 14.5. The molecular formula is C19H30N2. The molecule has 2 aliphatic heterocycles. The van der Waals surface area contributed by atoms with Crippen molar-refractivity contribution < 1.29 is 0 Å². The van der Waals surface area contributed by atoms with Crippen LogP contribution in [0.25, 0.3) is 0 Å². The summed E-state index contributed by atoms with van der Waals surface area (Å²) in [5, 5.41) is 3.63. The molecule has 2 saturated heterocycles. The quantitative estimate of drug-likeness (QED) is 0.909. The summed E-state index contributed by atoms with van der Waals surface area (Å²) in [5.74, 6) is 0.675. The van der Waals surface area contributed by atoms with E-state index in [1.807, 2.05) is 0 Å². The zero-order valence-electron chi connectivity index (χ0n) is 13.5. The molecule has 2 fully saturated rings. The Hall–Kier alpha value is -0.860. The second-order valence-electron chi connectivity index (χ2n) is 7.26. The Labute approximate surface area is 129 Å². The first-order valence-corrected chi connectivity index (χ1v) is 8.75. The van der Waals surface area contributed by atoms with Gasteiger partial charge in [0.25, 0.3) is 0 Å². The standard InChI is InChI=1S/C19H30N2/c1-17(18-7-3-2-4-8-18)9-14-21-13-6-11-19(16-21)10-5-12-20-15-19/h2-4,7-8,17,20H,5-6,9-16H2,1H3. The van der Waals surface area contributed by atoms with Crippen LogP contribution in [0.5, 0.6) is 0 Å². The number of benzene rings is 1. The fourth-order valence-electron chi connectivity index (χ4n) is 4.20. The van der Waals surface area contributed by atoms with Crippen molar-refractivity contribution >= 4 is 0 Å². The van der Waals surface area contributed by atoms with Crippen LogP contribution in [-0.4, -0.2) is 37.6 Å².